The molecule has 0 bridgehead atoms. The highest BCUT2D eigenvalue weighted by atomic mass is 32.3. The molecule has 5 atom stereocenters. The molecule has 26 heavy (non-hydrogen) atoms. The molecule has 0 spiro atoms. The van der Waals surface area contributed by atoms with Gasteiger partial charge in [0.1, 0.15) is 11.4 Å². The second-order valence-corrected chi connectivity index (χ2v) is 9.31. The molecule has 2 N–H and O–H groups in total. The summed E-state index contributed by atoms with van der Waals surface area (Å²) in [5.41, 5.74) is 1.09. The van der Waals surface area contributed by atoms with Gasteiger partial charge in [-0.2, -0.15) is 8.42 Å². The van der Waals surface area contributed by atoms with E-state index in [-0.39, 0.29) is 11.2 Å². The van der Waals surface area contributed by atoms with E-state index in [0.717, 1.165) is 37.7 Å². The summed E-state index contributed by atoms with van der Waals surface area (Å²) in [6, 6.07) is 5.26. The van der Waals surface area contributed by atoms with Gasteiger partial charge in [0.15, 0.2) is 0 Å². The van der Waals surface area contributed by atoms with Crippen molar-refractivity contribution in [1.29, 1.82) is 0 Å². The van der Waals surface area contributed by atoms with Crippen LogP contribution in [0.5, 0.6) is 5.75 Å². The maximum atomic E-state index is 11.0. The highest BCUT2D eigenvalue weighted by Gasteiger charge is 2.61. The first-order valence-electron chi connectivity index (χ1n) is 9.17. The maximum Gasteiger partial charge on any atom is 0.446 e. The van der Waals surface area contributed by atoms with Crippen LogP contribution in [0.1, 0.15) is 56.1 Å². The summed E-state index contributed by atoms with van der Waals surface area (Å²) in [6.45, 7) is 2.15. The van der Waals surface area contributed by atoms with Crippen LogP contribution >= 0.6 is 0 Å². The Balaban J connectivity index is 1.65. The van der Waals surface area contributed by atoms with Crippen LogP contribution in [-0.4, -0.2) is 23.7 Å². The normalized spacial score (nSPS) is 38.6. The van der Waals surface area contributed by atoms with Crippen LogP contribution < -0.4 is 4.18 Å². The molecule has 0 saturated heterocycles. The highest BCUT2D eigenvalue weighted by molar-refractivity contribution is 7.81. The lowest BCUT2D eigenvalue weighted by Gasteiger charge is -2.52. The van der Waals surface area contributed by atoms with Crippen molar-refractivity contribution in [3.63, 3.8) is 0 Å². The molecule has 2 fully saturated rings. The fourth-order valence-electron chi connectivity index (χ4n) is 5.99. The van der Waals surface area contributed by atoms with Crippen molar-refractivity contribution >= 4 is 10.4 Å². The fourth-order valence-corrected chi connectivity index (χ4v) is 6.33. The minimum absolute atomic E-state index is 0.146. The van der Waals surface area contributed by atoms with E-state index in [4.69, 9.17) is 11.0 Å². The smallest absolute Gasteiger partial charge is 0.377 e. The lowest BCUT2D eigenvalue weighted by atomic mass is 9.53. The van der Waals surface area contributed by atoms with Crippen molar-refractivity contribution < 1.29 is 22.3 Å². The third-order valence-electron chi connectivity index (χ3n) is 7.29. The van der Waals surface area contributed by atoms with Gasteiger partial charge in [-0.25, -0.2) is 0 Å². The van der Waals surface area contributed by atoms with Gasteiger partial charge >= 0.3 is 10.4 Å². The van der Waals surface area contributed by atoms with Crippen LogP contribution in [0.3, 0.4) is 0 Å². The summed E-state index contributed by atoms with van der Waals surface area (Å²) in [5.74, 6) is 4.12. The number of fused-ring (bicyclic) bond motifs is 5. The Labute approximate surface area is 154 Å². The van der Waals surface area contributed by atoms with Crippen LogP contribution in [0.15, 0.2) is 18.2 Å². The quantitative estimate of drug-likeness (QED) is 0.612. The third-order valence-corrected chi connectivity index (χ3v) is 7.69. The summed E-state index contributed by atoms with van der Waals surface area (Å²) in [5, 5.41) is 11.0. The number of benzene rings is 1. The summed E-state index contributed by atoms with van der Waals surface area (Å²) in [7, 11) is -4.51. The van der Waals surface area contributed by atoms with Gasteiger partial charge in [-0.05, 0) is 79.5 Å². The Morgan fingerprint density at radius 2 is 2.04 bits per heavy atom. The van der Waals surface area contributed by atoms with Crippen molar-refractivity contribution in [3.8, 4) is 18.1 Å². The first-order chi connectivity index (χ1) is 12.2. The first kappa shape index (κ1) is 17.8. The summed E-state index contributed by atoms with van der Waals surface area (Å²) < 4.78 is 35.4. The van der Waals surface area contributed by atoms with E-state index in [9.17, 15) is 13.5 Å². The van der Waals surface area contributed by atoms with Crippen molar-refractivity contribution in [2.45, 2.75) is 57.0 Å². The molecule has 1 aromatic rings. The van der Waals surface area contributed by atoms with E-state index in [1.807, 2.05) is 6.07 Å². The molecule has 1 aromatic carbocycles. The molecule has 0 heterocycles. The second kappa shape index (κ2) is 5.72. The molecule has 6 heteroatoms. The number of aryl methyl sites for hydroxylation is 1. The van der Waals surface area contributed by atoms with Crippen LogP contribution in [-0.2, 0) is 16.8 Å². The monoisotopic (exact) mass is 376 g/mol. The van der Waals surface area contributed by atoms with Gasteiger partial charge in [0.2, 0.25) is 0 Å². The summed E-state index contributed by atoms with van der Waals surface area (Å²) >= 11 is 0. The Hall–Kier alpha value is -1.55. The van der Waals surface area contributed by atoms with E-state index >= 15 is 0 Å². The number of terminal acetylenes is 1. The molecule has 2 saturated carbocycles. The lowest BCUT2D eigenvalue weighted by molar-refractivity contribution is -0.0646. The van der Waals surface area contributed by atoms with E-state index in [2.05, 4.69) is 17.0 Å². The van der Waals surface area contributed by atoms with Crippen molar-refractivity contribution in [3.05, 3.63) is 29.3 Å². The molecular formula is C20H24O5S. The van der Waals surface area contributed by atoms with E-state index in [1.165, 1.54) is 5.56 Å². The highest BCUT2D eigenvalue weighted by Crippen LogP contribution is 2.64. The van der Waals surface area contributed by atoms with E-state index in [1.54, 1.807) is 12.1 Å². The third kappa shape index (κ3) is 2.57. The second-order valence-electron chi connectivity index (χ2n) is 8.29. The van der Waals surface area contributed by atoms with Gasteiger partial charge in [0, 0.05) is 5.41 Å². The van der Waals surface area contributed by atoms with Crippen LogP contribution in [0.25, 0.3) is 0 Å². The zero-order valence-electron chi connectivity index (χ0n) is 14.8. The number of aliphatic hydroxyl groups is 1. The zero-order chi connectivity index (χ0) is 18.7. The molecule has 3 aliphatic rings. The molecular weight excluding hydrogens is 352 g/mol. The van der Waals surface area contributed by atoms with Crippen molar-refractivity contribution in [1.82, 2.24) is 0 Å². The SMILES string of the molecule is C#C[C@]1(O)CC[C@@H]2[C@@H]3CCc4cc(OS(=O)(=O)O)ccc4[C@@H]3CC[C@@]21C. The first-order valence-corrected chi connectivity index (χ1v) is 10.5. The standard InChI is InChI=1S/C20H24O5S/c1-3-20(21)11-9-18-17-6-4-13-12-14(25-26(22,23)24)5-7-15(13)16(17)8-10-19(18,20)2/h1,5,7,12,16-18,21H,4,6,8-11H2,2H3,(H,22,23,24)/t16-,17+,18+,19-,20-/m0/s1. The molecule has 0 unspecified atom stereocenters. The van der Waals surface area contributed by atoms with Gasteiger partial charge in [0.25, 0.3) is 0 Å². The Kier molecular flexibility index (Phi) is 3.93. The lowest BCUT2D eigenvalue weighted by Crippen LogP contribution is -2.50. The number of hydrogen-bond donors (Lipinski definition) is 2. The largest absolute Gasteiger partial charge is 0.446 e. The van der Waals surface area contributed by atoms with Gasteiger partial charge in [-0.3, -0.25) is 4.55 Å². The average molecular weight is 376 g/mol. The zero-order valence-corrected chi connectivity index (χ0v) is 15.6. The molecule has 140 valence electrons. The molecule has 5 nitrogen and oxygen atoms in total. The van der Waals surface area contributed by atoms with E-state index in [0.29, 0.717) is 24.2 Å². The number of rotatable bonds is 2. The Bertz CT molecular complexity index is 886. The van der Waals surface area contributed by atoms with Gasteiger partial charge in [-0.15, -0.1) is 6.42 Å². The van der Waals surface area contributed by atoms with Crippen molar-refractivity contribution in [2.24, 2.45) is 17.3 Å². The van der Waals surface area contributed by atoms with Crippen molar-refractivity contribution in [2.75, 3.05) is 0 Å². The molecule has 0 radical (unpaired) electrons. The molecule has 0 amide bonds. The predicted octanol–water partition coefficient (Wildman–Crippen LogP) is 3.09. The Morgan fingerprint density at radius 3 is 2.73 bits per heavy atom. The molecule has 3 aliphatic carbocycles. The van der Waals surface area contributed by atoms with Crippen LogP contribution in [0.2, 0.25) is 0 Å². The van der Waals surface area contributed by atoms with Crippen LogP contribution in [0.4, 0.5) is 0 Å². The minimum Gasteiger partial charge on any atom is -0.377 e. The number of hydrogen-bond acceptors (Lipinski definition) is 4. The predicted molar refractivity (Wildman–Crippen MR) is 97.0 cm³/mol. The van der Waals surface area contributed by atoms with Crippen LogP contribution in [0, 0.1) is 29.6 Å². The maximum absolute atomic E-state index is 11.0. The Morgan fingerprint density at radius 1 is 1.27 bits per heavy atom. The van der Waals surface area contributed by atoms with Gasteiger partial charge in [0.05, 0.1) is 0 Å². The summed E-state index contributed by atoms with van der Waals surface area (Å²) in [4.78, 5) is 0. The van der Waals surface area contributed by atoms with Gasteiger partial charge in [-0.1, -0.05) is 18.9 Å². The minimum atomic E-state index is -4.51. The topological polar surface area (TPSA) is 83.8 Å². The molecule has 0 aromatic heterocycles. The average Bonchev–Trinajstić information content (AvgIpc) is 2.85. The summed E-state index contributed by atoms with van der Waals surface area (Å²) in [6.07, 6.45) is 11.0. The molecule has 0 aliphatic heterocycles. The fraction of sp³-hybridized carbons (Fsp3) is 0.600. The van der Waals surface area contributed by atoms with Gasteiger partial charge < -0.3 is 9.29 Å². The molecule has 4 rings (SSSR count). The van der Waals surface area contributed by atoms with E-state index < -0.39 is 16.0 Å².